The minimum Gasteiger partial charge on any atom is -0.326 e. The molecule has 4 nitrogen and oxygen atoms in total. The maximum atomic E-state index is 13.9. The molecule has 0 aliphatic carbocycles. The molecule has 1 aliphatic heterocycles. The molecule has 0 saturated carbocycles. The number of amides is 2. The molecule has 1 saturated heterocycles. The van der Waals surface area contributed by atoms with Crippen molar-refractivity contribution in [2.45, 2.75) is 6.54 Å². The lowest BCUT2D eigenvalue weighted by atomic mass is 10.1. The molecule has 1 fully saturated rings. The number of hydrogen-bond donors (Lipinski definition) is 1. The zero-order chi connectivity index (χ0) is 13.8. The highest BCUT2D eigenvalue weighted by atomic mass is 19.1. The summed E-state index contributed by atoms with van der Waals surface area (Å²) in [5.74, 6) is 5.11. The number of benzene rings is 1. The maximum Gasteiger partial charge on any atom is 0.320 e. The number of nitrogens with two attached hydrogens (primary N) is 1. The Morgan fingerprint density at radius 1 is 1.42 bits per heavy atom. The van der Waals surface area contributed by atoms with Crippen molar-refractivity contribution in [3.63, 3.8) is 0 Å². The predicted octanol–water partition coefficient (Wildman–Crippen LogP) is 1.00. The smallest absolute Gasteiger partial charge is 0.320 e. The van der Waals surface area contributed by atoms with Crippen LogP contribution < -0.4 is 5.73 Å². The molecule has 1 aromatic carbocycles. The summed E-state index contributed by atoms with van der Waals surface area (Å²) in [5, 5.41) is 0. The van der Waals surface area contributed by atoms with Gasteiger partial charge in [-0.05, 0) is 12.1 Å². The zero-order valence-corrected chi connectivity index (χ0v) is 10.8. The number of nitrogens with zero attached hydrogens (tertiary/aromatic N) is 2. The van der Waals surface area contributed by atoms with E-state index >= 15 is 0 Å². The third-order valence-corrected chi connectivity index (χ3v) is 3.05. The Morgan fingerprint density at radius 2 is 2.21 bits per heavy atom. The van der Waals surface area contributed by atoms with Crippen LogP contribution in [0.5, 0.6) is 0 Å². The number of halogens is 1. The molecule has 5 heteroatoms. The predicted molar refractivity (Wildman–Crippen MR) is 70.8 cm³/mol. The Kier molecular flexibility index (Phi) is 4.03. The number of urea groups is 1. The van der Waals surface area contributed by atoms with Gasteiger partial charge in [-0.2, -0.15) is 0 Å². The van der Waals surface area contributed by atoms with Gasteiger partial charge in [-0.25, -0.2) is 9.18 Å². The van der Waals surface area contributed by atoms with Gasteiger partial charge in [0.05, 0.1) is 13.1 Å². The third kappa shape index (κ3) is 3.04. The fourth-order valence-corrected chi connectivity index (χ4v) is 1.96. The Labute approximate surface area is 112 Å². The van der Waals surface area contributed by atoms with Crippen LogP contribution in [0.1, 0.15) is 11.1 Å². The molecule has 0 spiro atoms. The Hall–Kier alpha value is -2.06. The summed E-state index contributed by atoms with van der Waals surface area (Å²) in [6.45, 7) is 1.85. The number of hydrogen-bond acceptors (Lipinski definition) is 2. The fourth-order valence-electron chi connectivity index (χ4n) is 1.96. The second kappa shape index (κ2) is 5.72. The van der Waals surface area contributed by atoms with E-state index in [4.69, 9.17) is 5.73 Å². The summed E-state index contributed by atoms with van der Waals surface area (Å²) in [7, 11) is 1.74. The lowest BCUT2D eigenvalue weighted by molar-refractivity contribution is 0.196. The average molecular weight is 261 g/mol. The second-order valence-corrected chi connectivity index (χ2v) is 4.44. The van der Waals surface area contributed by atoms with Crippen molar-refractivity contribution in [3.8, 4) is 11.8 Å². The van der Waals surface area contributed by atoms with E-state index in [1.165, 1.54) is 6.07 Å². The van der Waals surface area contributed by atoms with Crippen LogP contribution in [0, 0.1) is 17.7 Å². The van der Waals surface area contributed by atoms with Crippen molar-refractivity contribution in [2.24, 2.45) is 5.73 Å². The van der Waals surface area contributed by atoms with Crippen LogP contribution in [0.15, 0.2) is 18.2 Å². The van der Waals surface area contributed by atoms with E-state index in [0.717, 1.165) is 0 Å². The largest absolute Gasteiger partial charge is 0.326 e. The van der Waals surface area contributed by atoms with E-state index < -0.39 is 0 Å². The molecule has 100 valence electrons. The highest BCUT2D eigenvalue weighted by molar-refractivity contribution is 5.76. The zero-order valence-electron chi connectivity index (χ0n) is 10.8. The molecular weight excluding hydrogens is 245 g/mol. The molecular formula is C14H16FN3O. The van der Waals surface area contributed by atoms with Gasteiger partial charge in [0.2, 0.25) is 0 Å². The first-order valence-electron chi connectivity index (χ1n) is 6.09. The van der Waals surface area contributed by atoms with Crippen molar-refractivity contribution in [3.05, 3.63) is 35.1 Å². The Balaban J connectivity index is 2.11. The van der Waals surface area contributed by atoms with Crippen LogP contribution in [-0.2, 0) is 6.54 Å². The Bertz CT molecular complexity index is 547. The highest BCUT2D eigenvalue weighted by Crippen LogP contribution is 2.15. The monoisotopic (exact) mass is 261 g/mol. The van der Waals surface area contributed by atoms with Gasteiger partial charge in [0.1, 0.15) is 5.82 Å². The van der Waals surface area contributed by atoms with Crippen LogP contribution in [-0.4, -0.2) is 42.5 Å². The van der Waals surface area contributed by atoms with E-state index in [-0.39, 0.29) is 18.4 Å². The van der Waals surface area contributed by atoms with Gasteiger partial charge in [-0.3, -0.25) is 0 Å². The van der Waals surface area contributed by atoms with Crippen molar-refractivity contribution in [1.82, 2.24) is 9.80 Å². The number of carbonyl (C=O) groups is 1. The Morgan fingerprint density at radius 3 is 2.79 bits per heavy atom. The lowest BCUT2D eigenvalue weighted by Gasteiger charge is -2.16. The van der Waals surface area contributed by atoms with Gasteiger partial charge in [-0.15, -0.1) is 0 Å². The number of likely N-dealkylation sites (N-methyl/N-ethyl adjacent to an activating group) is 1. The van der Waals surface area contributed by atoms with Gasteiger partial charge in [0, 0.05) is 31.3 Å². The molecule has 1 aliphatic rings. The van der Waals surface area contributed by atoms with E-state index in [0.29, 0.717) is 30.8 Å². The number of carbonyl (C=O) groups excluding carboxylic acids is 1. The third-order valence-electron chi connectivity index (χ3n) is 3.05. The van der Waals surface area contributed by atoms with Crippen molar-refractivity contribution in [2.75, 3.05) is 26.7 Å². The van der Waals surface area contributed by atoms with Crippen LogP contribution in [0.3, 0.4) is 0 Å². The van der Waals surface area contributed by atoms with Gasteiger partial charge in [-0.1, -0.05) is 17.9 Å². The molecule has 1 heterocycles. The lowest BCUT2D eigenvalue weighted by Crippen LogP contribution is -2.29. The molecule has 0 bridgehead atoms. The molecule has 1 aromatic rings. The molecule has 0 atom stereocenters. The SMILES string of the molecule is CN1CCN(Cc2ccc(C#CCN)cc2F)C1=O. The molecule has 2 amide bonds. The van der Waals surface area contributed by atoms with E-state index in [1.54, 1.807) is 29.0 Å². The van der Waals surface area contributed by atoms with Gasteiger partial charge >= 0.3 is 6.03 Å². The highest BCUT2D eigenvalue weighted by Gasteiger charge is 2.25. The summed E-state index contributed by atoms with van der Waals surface area (Å²) < 4.78 is 13.9. The van der Waals surface area contributed by atoms with Crippen molar-refractivity contribution in [1.29, 1.82) is 0 Å². The maximum absolute atomic E-state index is 13.9. The molecule has 0 unspecified atom stereocenters. The van der Waals surface area contributed by atoms with Crippen LogP contribution in [0.2, 0.25) is 0 Å². The van der Waals surface area contributed by atoms with Gasteiger partial charge in [0.15, 0.2) is 0 Å². The quantitative estimate of drug-likeness (QED) is 0.808. The summed E-state index contributed by atoms with van der Waals surface area (Å²) in [4.78, 5) is 15.0. The van der Waals surface area contributed by atoms with Gasteiger partial charge in [0.25, 0.3) is 0 Å². The minimum absolute atomic E-state index is 0.0635. The van der Waals surface area contributed by atoms with E-state index in [9.17, 15) is 9.18 Å². The number of rotatable bonds is 2. The normalized spacial score (nSPS) is 14.6. The standard InChI is InChI=1S/C14H16FN3O/c1-17-7-8-18(14(17)19)10-12-5-4-11(3-2-6-16)9-13(12)15/h4-5,9H,6-8,10,16H2,1H3. The van der Waals surface area contributed by atoms with E-state index in [2.05, 4.69) is 11.8 Å². The first-order chi connectivity index (χ1) is 9.11. The first kappa shape index (κ1) is 13.4. The summed E-state index contributed by atoms with van der Waals surface area (Å²) in [5.41, 5.74) is 6.36. The molecule has 0 aromatic heterocycles. The molecule has 0 radical (unpaired) electrons. The molecule has 2 N–H and O–H groups in total. The van der Waals surface area contributed by atoms with E-state index in [1.807, 2.05) is 0 Å². The molecule has 2 rings (SSSR count). The van der Waals surface area contributed by atoms with Crippen LogP contribution in [0.4, 0.5) is 9.18 Å². The van der Waals surface area contributed by atoms with Crippen LogP contribution in [0.25, 0.3) is 0 Å². The van der Waals surface area contributed by atoms with Gasteiger partial charge < -0.3 is 15.5 Å². The second-order valence-electron chi connectivity index (χ2n) is 4.44. The minimum atomic E-state index is -0.342. The summed E-state index contributed by atoms with van der Waals surface area (Å²) in [6, 6.07) is 4.72. The van der Waals surface area contributed by atoms with Crippen molar-refractivity contribution < 1.29 is 9.18 Å². The fraction of sp³-hybridized carbons (Fsp3) is 0.357. The summed E-state index contributed by atoms with van der Waals surface area (Å²) in [6.07, 6.45) is 0. The first-order valence-corrected chi connectivity index (χ1v) is 6.09. The van der Waals surface area contributed by atoms with Crippen molar-refractivity contribution >= 4 is 6.03 Å². The topological polar surface area (TPSA) is 49.6 Å². The van der Waals surface area contributed by atoms with Crippen LogP contribution >= 0.6 is 0 Å². The average Bonchev–Trinajstić information content (AvgIpc) is 2.71. The molecule has 19 heavy (non-hydrogen) atoms. The summed E-state index contributed by atoms with van der Waals surface area (Å²) >= 11 is 0.